The van der Waals surface area contributed by atoms with E-state index in [9.17, 15) is 0 Å². The van der Waals surface area contributed by atoms with Crippen molar-refractivity contribution < 1.29 is 0 Å². The molecule has 0 saturated carbocycles. The summed E-state index contributed by atoms with van der Waals surface area (Å²) >= 11 is 0. The van der Waals surface area contributed by atoms with Crippen LogP contribution < -0.4 is 9.80 Å². The summed E-state index contributed by atoms with van der Waals surface area (Å²) in [6.07, 6.45) is 8.09. The predicted molar refractivity (Wildman–Crippen MR) is 216 cm³/mol. The highest BCUT2D eigenvalue weighted by Crippen LogP contribution is 2.43. The first-order valence-corrected chi connectivity index (χ1v) is 19.0. The maximum atomic E-state index is 2.52. The standard InChI is InChI=1S/C47H58N2/c1-10-34-20-35(11-2)25-44(24-34)48(45-26-36(12-3)21-37(13-4)27-45)42-18-33(9)19-43(32-42)49(46-28-38(14-5)22-39(15-6)29-46)47-30-40(16-7)23-41(17-8)31-47/h18-32H,10-17H2,1-9H3. The van der Waals surface area contributed by atoms with Gasteiger partial charge >= 0.3 is 0 Å². The fourth-order valence-corrected chi connectivity index (χ4v) is 7.02. The summed E-state index contributed by atoms with van der Waals surface area (Å²) in [7, 11) is 0. The van der Waals surface area contributed by atoms with E-state index >= 15 is 0 Å². The Balaban J connectivity index is 1.83. The van der Waals surface area contributed by atoms with Gasteiger partial charge in [-0.05, 0) is 175 Å². The van der Waals surface area contributed by atoms with Crippen LogP contribution >= 0.6 is 0 Å². The summed E-state index contributed by atoms with van der Waals surface area (Å²) in [5.41, 5.74) is 19.6. The number of anilines is 6. The minimum Gasteiger partial charge on any atom is -0.310 e. The van der Waals surface area contributed by atoms with Gasteiger partial charge in [0.15, 0.2) is 0 Å². The Hall–Kier alpha value is -4.30. The first-order chi connectivity index (χ1) is 23.7. The lowest BCUT2D eigenvalue weighted by Gasteiger charge is -2.31. The van der Waals surface area contributed by atoms with E-state index in [1.165, 1.54) is 84.2 Å². The van der Waals surface area contributed by atoms with Gasteiger partial charge in [0.05, 0.1) is 0 Å². The maximum Gasteiger partial charge on any atom is 0.0485 e. The molecule has 256 valence electrons. The minimum atomic E-state index is 1.01. The maximum absolute atomic E-state index is 2.52. The lowest BCUT2D eigenvalue weighted by atomic mass is 10.00. The molecule has 5 aromatic rings. The van der Waals surface area contributed by atoms with Crippen molar-refractivity contribution in [2.75, 3.05) is 9.80 Å². The molecule has 0 aromatic heterocycles. The second kappa shape index (κ2) is 16.4. The van der Waals surface area contributed by atoms with Crippen LogP contribution in [0.5, 0.6) is 0 Å². The van der Waals surface area contributed by atoms with Gasteiger partial charge in [-0.1, -0.05) is 79.7 Å². The third kappa shape index (κ3) is 8.30. The number of nitrogens with zero attached hydrogens (tertiary/aromatic N) is 2. The van der Waals surface area contributed by atoms with E-state index in [1.54, 1.807) is 0 Å². The molecule has 0 fully saturated rings. The molecule has 0 N–H and O–H groups in total. The monoisotopic (exact) mass is 650 g/mol. The molecule has 0 aliphatic carbocycles. The van der Waals surface area contributed by atoms with Crippen molar-refractivity contribution >= 4 is 34.1 Å². The average molecular weight is 651 g/mol. The largest absolute Gasteiger partial charge is 0.310 e. The minimum absolute atomic E-state index is 1.01. The zero-order valence-corrected chi connectivity index (χ0v) is 31.7. The van der Waals surface area contributed by atoms with Gasteiger partial charge < -0.3 is 9.80 Å². The van der Waals surface area contributed by atoms with Crippen LogP contribution in [0.15, 0.2) is 91.0 Å². The number of benzene rings is 5. The lowest BCUT2D eigenvalue weighted by Crippen LogP contribution is -2.15. The molecule has 5 aromatic carbocycles. The topological polar surface area (TPSA) is 6.48 Å². The van der Waals surface area contributed by atoms with Crippen molar-refractivity contribution in [2.45, 2.75) is 114 Å². The molecule has 0 aliphatic heterocycles. The van der Waals surface area contributed by atoms with E-state index in [1.807, 2.05) is 0 Å². The summed E-state index contributed by atoms with van der Waals surface area (Å²) in [6.45, 7) is 20.4. The second-order valence-electron chi connectivity index (χ2n) is 13.6. The molecule has 0 atom stereocenters. The van der Waals surface area contributed by atoms with Gasteiger partial charge in [-0.3, -0.25) is 0 Å². The van der Waals surface area contributed by atoms with E-state index < -0.39 is 0 Å². The van der Waals surface area contributed by atoms with Crippen molar-refractivity contribution in [3.8, 4) is 0 Å². The highest BCUT2D eigenvalue weighted by molar-refractivity contribution is 5.84. The van der Waals surface area contributed by atoms with Crippen LogP contribution in [0.4, 0.5) is 34.1 Å². The number of rotatable bonds is 14. The van der Waals surface area contributed by atoms with Crippen molar-refractivity contribution in [1.29, 1.82) is 0 Å². The Bertz CT molecular complexity index is 1550. The zero-order valence-electron chi connectivity index (χ0n) is 31.7. The van der Waals surface area contributed by atoms with E-state index in [2.05, 4.69) is 163 Å². The highest BCUT2D eigenvalue weighted by atomic mass is 15.2. The second-order valence-corrected chi connectivity index (χ2v) is 13.6. The lowest BCUT2D eigenvalue weighted by molar-refractivity contribution is 1.06. The van der Waals surface area contributed by atoms with Gasteiger partial charge in [0.25, 0.3) is 0 Å². The molecule has 5 rings (SSSR count). The third-order valence-electron chi connectivity index (χ3n) is 10.0. The van der Waals surface area contributed by atoms with Crippen LogP contribution in [0.25, 0.3) is 0 Å². The quantitative estimate of drug-likeness (QED) is 0.118. The van der Waals surface area contributed by atoms with Crippen LogP contribution in [0, 0.1) is 6.92 Å². The Morgan fingerprint density at radius 1 is 0.265 bits per heavy atom. The van der Waals surface area contributed by atoms with Crippen LogP contribution in [0.3, 0.4) is 0 Å². The molecule has 2 nitrogen and oxygen atoms in total. The van der Waals surface area contributed by atoms with Gasteiger partial charge in [-0.2, -0.15) is 0 Å². The van der Waals surface area contributed by atoms with Crippen LogP contribution in [-0.2, 0) is 51.4 Å². The molecule has 0 amide bonds. The molecule has 0 aliphatic rings. The molecule has 0 spiro atoms. The first-order valence-electron chi connectivity index (χ1n) is 19.0. The van der Waals surface area contributed by atoms with Crippen LogP contribution in [0.1, 0.15) is 105 Å². The fraction of sp³-hybridized carbons (Fsp3) is 0.362. The summed E-state index contributed by atoms with van der Waals surface area (Å²) in [5, 5.41) is 0. The molecular weight excluding hydrogens is 593 g/mol. The molecule has 2 heteroatoms. The Morgan fingerprint density at radius 2 is 0.449 bits per heavy atom. The van der Waals surface area contributed by atoms with E-state index in [0.717, 1.165) is 51.4 Å². The van der Waals surface area contributed by atoms with Crippen LogP contribution in [-0.4, -0.2) is 0 Å². The summed E-state index contributed by atoms with van der Waals surface area (Å²) in [6, 6.07) is 35.9. The van der Waals surface area contributed by atoms with E-state index in [0.29, 0.717) is 0 Å². The average Bonchev–Trinajstić information content (AvgIpc) is 3.13. The van der Waals surface area contributed by atoms with Crippen molar-refractivity contribution in [2.24, 2.45) is 0 Å². The number of hydrogen-bond donors (Lipinski definition) is 0. The highest BCUT2D eigenvalue weighted by Gasteiger charge is 2.21. The predicted octanol–water partition coefficient (Wildman–Crippen LogP) is 13.4. The summed E-state index contributed by atoms with van der Waals surface area (Å²) < 4.78 is 0. The molecule has 0 unspecified atom stereocenters. The molecule has 0 radical (unpaired) electrons. The smallest absolute Gasteiger partial charge is 0.0485 e. The molecule has 0 saturated heterocycles. The summed E-state index contributed by atoms with van der Waals surface area (Å²) in [5.74, 6) is 0. The Kier molecular flexibility index (Phi) is 12.0. The Morgan fingerprint density at radius 3 is 0.633 bits per heavy atom. The number of hydrogen-bond acceptors (Lipinski definition) is 2. The SMILES string of the molecule is CCc1cc(CC)cc(N(c2cc(CC)cc(CC)c2)c2cc(C)cc(N(c3cc(CC)cc(CC)c3)c3cc(CC)cc(CC)c3)c2)c1. The zero-order chi connectivity index (χ0) is 35.1. The Labute approximate surface area is 297 Å². The molecule has 49 heavy (non-hydrogen) atoms. The van der Waals surface area contributed by atoms with Crippen molar-refractivity contribution in [1.82, 2.24) is 0 Å². The van der Waals surface area contributed by atoms with Gasteiger partial charge in [-0.15, -0.1) is 0 Å². The van der Waals surface area contributed by atoms with Gasteiger partial charge in [0.2, 0.25) is 0 Å². The third-order valence-corrected chi connectivity index (χ3v) is 10.0. The van der Waals surface area contributed by atoms with Crippen molar-refractivity contribution in [3.05, 3.63) is 141 Å². The normalized spacial score (nSPS) is 11.2. The van der Waals surface area contributed by atoms with E-state index in [-0.39, 0.29) is 0 Å². The van der Waals surface area contributed by atoms with Gasteiger partial charge in [0.1, 0.15) is 0 Å². The van der Waals surface area contributed by atoms with E-state index in [4.69, 9.17) is 0 Å². The van der Waals surface area contributed by atoms with Crippen LogP contribution in [0.2, 0.25) is 0 Å². The number of aryl methyl sites for hydroxylation is 9. The van der Waals surface area contributed by atoms with Crippen molar-refractivity contribution in [3.63, 3.8) is 0 Å². The molecule has 0 bridgehead atoms. The fourth-order valence-electron chi connectivity index (χ4n) is 7.02. The summed E-state index contributed by atoms with van der Waals surface area (Å²) in [4.78, 5) is 5.04. The van der Waals surface area contributed by atoms with Gasteiger partial charge in [-0.25, -0.2) is 0 Å². The first kappa shape index (κ1) is 36.0. The van der Waals surface area contributed by atoms with Gasteiger partial charge in [0, 0.05) is 34.1 Å². The molecular formula is C47H58N2. The molecule has 0 heterocycles.